The number of halogens is 2. The largest absolute Gasteiger partial charge is 0.325 e. The number of anilines is 1. The smallest absolute Gasteiger partial charge is 0.241 e. The molecule has 1 rings (SSSR count). The van der Waals surface area contributed by atoms with Crippen LogP contribution in [0.2, 0.25) is 0 Å². The quantitative estimate of drug-likeness (QED) is 0.830. The maximum atomic E-state index is 12.8. The van der Waals surface area contributed by atoms with Gasteiger partial charge < -0.3 is 11.1 Å². The summed E-state index contributed by atoms with van der Waals surface area (Å²) in [4.78, 5) is 11.5. The van der Waals surface area contributed by atoms with Crippen LogP contribution >= 0.6 is 0 Å². The first-order chi connectivity index (χ1) is 7.40. The number of hydrogen-bond donors (Lipinski definition) is 2. The van der Waals surface area contributed by atoms with Gasteiger partial charge in [0, 0.05) is 11.8 Å². The van der Waals surface area contributed by atoms with Crippen LogP contribution < -0.4 is 11.1 Å². The van der Waals surface area contributed by atoms with Crippen LogP contribution in [0.5, 0.6) is 0 Å². The number of rotatable bonds is 3. The molecule has 0 heterocycles. The van der Waals surface area contributed by atoms with Gasteiger partial charge in [0.15, 0.2) is 0 Å². The lowest BCUT2D eigenvalue weighted by Crippen LogP contribution is -2.39. The number of carbonyl (C=O) groups excluding carboxylic acids is 1. The lowest BCUT2D eigenvalue weighted by molar-refractivity contribution is -0.118. The fraction of sp³-hybridized carbons (Fsp3) is 0.364. The summed E-state index contributed by atoms with van der Waals surface area (Å²) in [6.07, 6.45) is 0. The van der Waals surface area contributed by atoms with Gasteiger partial charge >= 0.3 is 0 Å². The Labute approximate surface area is 92.6 Å². The van der Waals surface area contributed by atoms with Gasteiger partial charge in [-0.2, -0.15) is 0 Å². The maximum absolute atomic E-state index is 12.8. The van der Waals surface area contributed by atoms with Crippen molar-refractivity contribution in [2.75, 3.05) is 5.32 Å². The third-order valence-corrected chi connectivity index (χ3v) is 2.15. The van der Waals surface area contributed by atoms with Gasteiger partial charge in [0.05, 0.1) is 6.04 Å². The molecule has 0 aliphatic heterocycles. The summed E-state index contributed by atoms with van der Waals surface area (Å²) in [6, 6.07) is 2.10. The van der Waals surface area contributed by atoms with Crippen molar-refractivity contribution in [3.63, 3.8) is 0 Å². The summed E-state index contributed by atoms with van der Waals surface area (Å²) in [5.74, 6) is -1.99. The van der Waals surface area contributed by atoms with Crippen molar-refractivity contribution >= 4 is 11.6 Å². The van der Waals surface area contributed by atoms with Crippen LogP contribution in [-0.4, -0.2) is 11.9 Å². The van der Waals surface area contributed by atoms with Crippen molar-refractivity contribution in [3.8, 4) is 0 Å². The first-order valence-electron chi connectivity index (χ1n) is 4.92. The van der Waals surface area contributed by atoms with Gasteiger partial charge in [0.1, 0.15) is 11.6 Å². The fourth-order valence-corrected chi connectivity index (χ4v) is 1.15. The summed E-state index contributed by atoms with van der Waals surface area (Å²) in [5, 5.41) is 2.36. The Kier molecular flexibility index (Phi) is 3.95. The van der Waals surface area contributed by atoms with Crippen LogP contribution in [0.3, 0.4) is 0 Å². The number of nitrogens with one attached hydrogen (secondary N) is 1. The van der Waals surface area contributed by atoms with E-state index in [1.54, 1.807) is 13.8 Å². The molecule has 3 N–H and O–H groups in total. The molecule has 1 aromatic carbocycles. The van der Waals surface area contributed by atoms with Crippen LogP contribution in [0.1, 0.15) is 13.8 Å². The van der Waals surface area contributed by atoms with Crippen molar-refractivity contribution < 1.29 is 13.6 Å². The van der Waals surface area contributed by atoms with Crippen LogP contribution in [-0.2, 0) is 4.79 Å². The van der Waals surface area contributed by atoms with Gasteiger partial charge in [-0.1, -0.05) is 13.8 Å². The zero-order valence-corrected chi connectivity index (χ0v) is 9.13. The van der Waals surface area contributed by atoms with Crippen molar-refractivity contribution in [1.82, 2.24) is 0 Å². The van der Waals surface area contributed by atoms with E-state index in [1.165, 1.54) is 0 Å². The number of nitrogens with two attached hydrogens (primary N) is 1. The van der Waals surface area contributed by atoms with Gasteiger partial charge in [-0.25, -0.2) is 8.78 Å². The second-order valence-corrected chi connectivity index (χ2v) is 3.92. The normalized spacial score (nSPS) is 12.6. The van der Waals surface area contributed by atoms with E-state index in [1.807, 2.05) is 0 Å². The van der Waals surface area contributed by atoms with Gasteiger partial charge in [0.2, 0.25) is 5.91 Å². The average Bonchev–Trinajstić information content (AvgIpc) is 2.14. The molecule has 1 aromatic rings. The van der Waals surface area contributed by atoms with Gasteiger partial charge in [-0.15, -0.1) is 0 Å². The second kappa shape index (κ2) is 5.03. The standard InChI is InChI=1S/C11H14F2N2O/c1-6(2)10(14)11(16)15-9-4-7(12)3-8(13)5-9/h3-6,10H,14H2,1-2H3,(H,15,16)/t10-/m1/s1. The summed E-state index contributed by atoms with van der Waals surface area (Å²) in [5.41, 5.74) is 5.65. The highest BCUT2D eigenvalue weighted by atomic mass is 19.1. The number of amides is 1. The van der Waals surface area contributed by atoms with E-state index >= 15 is 0 Å². The lowest BCUT2D eigenvalue weighted by atomic mass is 10.0. The molecule has 0 saturated heterocycles. The molecule has 0 radical (unpaired) electrons. The molecule has 1 amide bonds. The van der Waals surface area contributed by atoms with Crippen LogP contribution in [0, 0.1) is 17.6 Å². The van der Waals surface area contributed by atoms with E-state index in [0.29, 0.717) is 0 Å². The minimum absolute atomic E-state index is 0.0431. The third kappa shape index (κ3) is 3.27. The number of carbonyl (C=O) groups is 1. The van der Waals surface area contributed by atoms with Crippen molar-refractivity contribution in [2.45, 2.75) is 19.9 Å². The molecule has 0 bridgehead atoms. The summed E-state index contributed by atoms with van der Waals surface area (Å²) < 4.78 is 25.6. The minimum atomic E-state index is -0.742. The van der Waals surface area contributed by atoms with Gasteiger partial charge in [-0.05, 0) is 18.1 Å². The lowest BCUT2D eigenvalue weighted by Gasteiger charge is -2.15. The summed E-state index contributed by atoms with van der Waals surface area (Å²) in [7, 11) is 0. The first-order valence-corrected chi connectivity index (χ1v) is 4.92. The first kappa shape index (κ1) is 12.6. The topological polar surface area (TPSA) is 55.1 Å². The minimum Gasteiger partial charge on any atom is -0.325 e. The number of hydrogen-bond acceptors (Lipinski definition) is 2. The molecular weight excluding hydrogens is 214 g/mol. The molecule has 0 aliphatic carbocycles. The molecule has 16 heavy (non-hydrogen) atoms. The van der Waals surface area contributed by atoms with Crippen molar-refractivity contribution in [3.05, 3.63) is 29.8 Å². The van der Waals surface area contributed by atoms with Crippen LogP contribution in [0.15, 0.2) is 18.2 Å². The summed E-state index contributed by atoms with van der Waals surface area (Å²) in [6.45, 7) is 3.58. The molecule has 1 atom stereocenters. The van der Waals surface area contributed by atoms with Crippen molar-refractivity contribution in [2.24, 2.45) is 11.7 Å². The Morgan fingerprint density at radius 2 is 1.75 bits per heavy atom. The molecule has 5 heteroatoms. The number of benzene rings is 1. The van der Waals surface area contributed by atoms with E-state index in [0.717, 1.165) is 18.2 Å². The molecular formula is C11H14F2N2O. The van der Waals surface area contributed by atoms with Gasteiger partial charge in [0.25, 0.3) is 0 Å². The van der Waals surface area contributed by atoms with E-state index in [-0.39, 0.29) is 11.6 Å². The molecule has 3 nitrogen and oxygen atoms in total. The van der Waals surface area contributed by atoms with Crippen LogP contribution in [0.4, 0.5) is 14.5 Å². The zero-order chi connectivity index (χ0) is 12.3. The van der Waals surface area contributed by atoms with Crippen LogP contribution in [0.25, 0.3) is 0 Å². The van der Waals surface area contributed by atoms with E-state index in [4.69, 9.17) is 5.73 Å². The van der Waals surface area contributed by atoms with Gasteiger partial charge in [-0.3, -0.25) is 4.79 Å². The molecule has 0 spiro atoms. The Bertz CT molecular complexity index is 373. The highest BCUT2D eigenvalue weighted by Crippen LogP contribution is 2.13. The average molecular weight is 228 g/mol. The molecule has 0 unspecified atom stereocenters. The van der Waals surface area contributed by atoms with E-state index < -0.39 is 23.6 Å². The molecule has 88 valence electrons. The summed E-state index contributed by atoms with van der Waals surface area (Å²) >= 11 is 0. The molecule has 0 saturated carbocycles. The zero-order valence-electron chi connectivity index (χ0n) is 9.13. The Hall–Kier alpha value is -1.49. The van der Waals surface area contributed by atoms with Crippen molar-refractivity contribution in [1.29, 1.82) is 0 Å². The third-order valence-electron chi connectivity index (χ3n) is 2.15. The monoisotopic (exact) mass is 228 g/mol. The van der Waals surface area contributed by atoms with E-state index in [2.05, 4.69) is 5.32 Å². The fourth-order valence-electron chi connectivity index (χ4n) is 1.15. The predicted molar refractivity (Wildman–Crippen MR) is 57.8 cm³/mol. The molecule has 0 fully saturated rings. The highest BCUT2D eigenvalue weighted by Gasteiger charge is 2.17. The highest BCUT2D eigenvalue weighted by molar-refractivity contribution is 5.94. The molecule has 0 aliphatic rings. The Balaban J connectivity index is 2.77. The molecule has 0 aromatic heterocycles. The SMILES string of the molecule is CC(C)[C@@H](N)C(=O)Nc1cc(F)cc(F)c1. The Morgan fingerprint density at radius 1 is 1.25 bits per heavy atom. The Morgan fingerprint density at radius 3 is 2.19 bits per heavy atom. The van der Waals surface area contributed by atoms with E-state index in [9.17, 15) is 13.6 Å². The second-order valence-electron chi connectivity index (χ2n) is 3.92. The predicted octanol–water partition coefficient (Wildman–Crippen LogP) is 1.89. The maximum Gasteiger partial charge on any atom is 0.241 e.